The summed E-state index contributed by atoms with van der Waals surface area (Å²) in [5.41, 5.74) is 15.0. The Kier molecular flexibility index (Phi) is 6.17. The van der Waals surface area contributed by atoms with Crippen LogP contribution < -0.4 is 21.5 Å². The van der Waals surface area contributed by atoms with Gasteiger partial charge in [0.2, 0.25) is 0 Å². The van der Waals surface area contributed by atoms with Crippen LogP contribution >= 0.6 is 0 Å². The van der Waals surface area contributed by atoms with Crippen LogP contribution in [0.4, 0.5) is 0 Å². The lowest BCUT2D eigenvalue weighted by molar-refractivity contribution is 0.0917. The highest BCUT2D eigenvalue weighted by atomic mass is 16.5. The SMILES string of the molecule is COc1ccc(Cn2c(C(=O)NC3CCC(N)CC3)cc3ccc(C(=N)N)cc32)c2ccccc12. The molecule has 0 radical (unpaired) electrons. The highest BCUT2D eigenvalue weighted by Crippen LogP contribution is 2.31. The zero-order chi connectivity index (χ0) is 24.5. The van der Waals surface area contributed by atoms with Crippen LogP contribution in [-0.4, -0.2) is 35.5 Å². The molecule has 1 amide bonds. The number of aromatic nitrogens is 1. The predicted octanol–water partition coefficient (Wildman–Crippen LogP) is 4.14. The summed E-state index contributed by atoms with van der Waals surface area (Å²) < 4.78 is 7.59. The molecule has 0 bridgehead atoms. The lowest BCUT2D eigenvalue weighted by atomic mass is 9.92. The largest absolute Gasteiger partial charge is 0.496 e. The first-order chi connectivity index (χ1) is 16.9. The number of amidine groups is 1. The molecule has 0 spiro atoms. The Morgan fingerprint density at radius 3 is 2.51 bits per heavy atom. The number of carbonyl (C=O) groups is 1. The van der Waals surface area contributed by atoms with E-state index >= 15 is 0 Å². The Labute approximate surface area is 204 Å². The number of ether oxygens (including phenoxy) is 1. The van der Waals surface area contributed by atoms with Crippen molar-refractivity contribution in [3.8, 4) is 5.75 Å². The zero-order valence-corrected chi connectivity index (χ0v) is 19.9. The second-order valence-electron chi connectivity index (χ2n) is 9.36. The Morgan fingerprint density at radius 2 is 1.80 bits per heavy atom. The van der Waals surface area contributed by atoms with Crippen molar-refractivity contribution in [1.82, 2.24) is 9.88 Å². The second kappa shape index (κ2) is 9.43. The number of benzene rings is 3. The van der Waals surface area contributed by atoms with Gasteiger partial charge < -0.3 is 26.1 Å². The number of rotatable bonds is 6. The molecule has 0 atom stereocenters. The van der Waals surface area contributed by atoms with Crippen molar-refractivity contribution in [2.45, 2.75) is 44.3 Å². The molecule has 1 heterocycles. The van der Waals surface area contributed by atoms with Crippen LogP contribution in [0.25, 0.3) is 21.7 Å². The lowest BCUT2D eigenvalue weighted by Crippen LogP contribution is -2.41. The summed E-state index contributed by atoms with van der Waals surface area (Å²) in [7, 11) is 1.67. The van der Waals surface area contributed by atoms with Crippen LogP contribution in [0, 0.1) is 5.41 Å². The summed E-state index contributed by atoms with van der Waals surface area (Å²) in [6.45, 7) is 0.494. The predicted molar refractivity (Wildman–Crippen MR) is 140 cm³/mol. The van der Waals surface area contributed by atoms with E-state index in [-0.39, 0.29) is 23.8 Å². The summed E-state index contributed by atoms with van der Waals surface area (Å²) in [6, 6.07) is 20.0. The molecule has 180 valence electrons. The molecule has 35 heavy (non-hydrogen) atoms. The van der Waals surface area contributed by atoms with E-state index in [1.807, 2.05) is 59.2 Å². The molecule has 5 rings (SSSR count). The van der Waals surface area contributed by atoms with Crippen molar-refractivity contribution >= 4 is 33.4 Å². The highest BCUT2D eigenvalue weighted by molar-refractivity contribution is 6.02. The van der Waals surface area contributed by atoms with Crippen LogP contribution in [0.1, 0.15) is 47.3 Å². The Hall–Kier alpha value is -3.84. The molecule has 1 saturated carbocycles. The molecule has 1 aliphatic carbocycles. The van der Waals surface area contributed by atoms with E-state index in [1.165, 1.54) is 0 Å². The third-order valence-electron chi connectivity index (χ3n) is 7.08. The van der Waals surface area contributed by atoms with E-state index in [4.69, 9.17) is 21.6 Å². The number of nitrogens with zero attached hydrogens (tertiary/aromatic N) is 1. The minimum absolute atomic E-state index is 0.000840. The van der Waals surface area contributed by atoms with Gasteiger partial charge in [0.15, 0.2) is 0 Å². The maximum Gasteiger partial charge on any atom is 0.268 e. The number of nitrogens with one attached hydrogen (secondary N) is 2. The molecule has 0 saturated heterocycles. The fourth-order valence-electron chi connectivity index (χ4n) is 5.12. The number of methoxy groups -OCH3 is 1. The van der Waals surface area contributed by atoms with Crippen molar-refractivity contribution in [2.24, 2.45) is 11.5 Å². The standard InChI is InChI=1S/C28H31N5O2/c1-35-26-13-8-19(22-4-2-3-5-23(22)26)16-33-24-15-18(27(30)31)7-6-17(24)14-25(33)28(34)32-21-11-9-20(29)10-12-21/h2-8,13-15,20-21H,9-12,16,29H2,1H3,(H3,30,31)(H,32,34). The molecule has 1 fully saturated rings. The number of hydrogen-bond acceptors (Lipinski definition) is 4. The van der Waals surface area contributed by atoms with E-state index in [0.717, 1.165) is 58.7 Å². The fourth-order valence-corrected chi connectivity index (χ4v) is 5.12. The van der Waals surface area contributed by atoms with Crippen molar-refractivity contribution in [3.05, 3.63) is 77.5 Å². The van der Waals surface area contributed by atoms with E-state index in [1.54, 1.807) is 7.11 Å². The number of hydrogen-bond donors (Lipinski definition) is 4. The summed E-state index contributed by atoms with van der Waals surface area (Å²) in [5.74, 6) is 0.719. The summed E-state index contributed by atoms with van der Waals surface area (Å²) in [5, 5.41) is 14.2. The minimum atomic E-state index is -0.0936. The first-order valence-corrected chi connectivity index (χ1v) is 12.0. The van der Waals surface area contributed by atoms with Gasteiger partial charge in [0.1, 0.15) is 17.3 Å². The number of carbonyl (C=O) groups excluding carboxylic acids is 1. The Morgan fingerprint density at radius 1 is 1.06 bits per heavy atom. The van der Waals surface area contributed by atoms with Crippen LogP contribution in [-0.2, 0) is 6.54 Å². The fraction of sp³-hybridized carbons (Fsp3) is 0.286. The van der Waals surface area contributed by atoms with Gasteiger partial charge in [-0.25, -0.2) is 0 Å². The smallest absolute Gasteiger partial charge is 0.268 e. The third-order valence-corrected chi connectivity index (χ3v) is 7.08. The van der Waals surface area contributed by atoms with Crippen LogP contribution in [0.5, 0.6) is 5.75 Å². The van der Waals surface area contributed by atoms with Gasteiger partial charge in [0, 0.05) is 40.5 Å². The van der Waals surface area contributed by atoms with Gasteiger partial charge in [-0.3, -0.25) is 10.2 Å². The van der Waals surface area contributed by atoms with Gasteiger partial charge >= 0.3 is 0 Å². The van der Waals surface area contributed by atoms with Crippen LogP contribution in [0.2, 0.25) is 0 Å². The summed E-state index contributed by atoms with van der Waals surface area (Å²) in [4.78, 5) is 13.5. The number of nitrogens with two attached hydrogens (primary N) is 2. The molecule has 7 heteroatoms. The maximum atomic E-state index is 13.5. The summed E-state index contributed by atoms with van der Waals surface area (Å²) in [6.07, 6.45) is 3.64. The van der Waals surface area contributed by atoms with E-state index in [9.17, 15) is 4.79 Å². The molecule has 6 N–H and O–H groups in total. The Balaban J connectivity index is 1.59. The topological polar surface area (TPSA) is 119 Å². The highest BCUT2D eigenvalue weighted by Gasteiger charge is 2.23. The molecule has 7 nitrogen and oxygen atoms in total. The van der Waals surface area contributed by atoms with Crippen LogP contribution in [0.15, 0.2) is 60.7 Å². The van der Waals surface area contributed by atoms with Crippen molar-refractivity contribution < 1.29 is 9.53 Å². The Bertz CT molecular complexity index is 1420. The van der Waals surface area contributed by atoms with Crippen molar-refractivity contribution in [3.63, 3.8) is 0 Å². The molecule has 3 aromatic carbocycles. The van der Waals surface area contributed by atoms with Gasteiger partial charge in [0.25, 0.3) is 5.91 Å². The normalized spacial score (nSPS) is 18.0. The average Bonchev–Trinajstić information content (AvgIpc) is 3.23. The number of amides is 1. The minimum Gasteiger partial charge on any atom is -0.496 e. The lowest BCUT2D eigenvalue weighted by Gasteiger charge is -2.27. The molecular formula is C28H31N5O2. The van der Waals surface area contributed by atoms with Crippen LogP contribution in [0.3, 0.4) is 0 Å². The van der Waals surface area contributed by atoms with Crippen molar-refractivity contribution in [1.29, 1.82) is 5.41 Å². The third kappa shape index (κ3) is 4.47. The monoisotopic (exact) mass is 469 g/mol. The van der Waals surface area contributed by atoms with Gasteiger partial charge in [0.05, 0.1) is 7.11 Å². The number of nitrogen functional groups attached to an aromatic ring is 1. The molecule has 1 aromatic heterocycles. The van der Waals surface area contributed by atoms with Crippen molar-refractivity contribution in [2.75, 3.05) is 7.11 Å². The van der Waals surface area contributed by atoms with Gasteiger partial charge in [-0.05, 0) is 54.8 Å². The quantitative estimate of drug-likeness (QED) is 0.251. The first kappa shape index (κ1) is 22.9. The zero-order valence-electron chi connectivity index (χ0n) is 19.9. The molecule has 4 aromatic rings. The molecule has 0 aliphatic heterocycles. The van der Waals surface area contributed by atoms with E-state index in [2.05, 4.69) is 11.4 Å². The second-order valence-corrected chi connectivity index (χ2v) is 9.36. The van der Waals surface area contributed by atoms with Gasteiger partial charge in [-0.2, -0.15) is 0 Å². The molecular weight excluding hydrogens is 438 g/mol. The molecule has 1 aliphatic rings. The van der Waals surface area contributed by atoms with E-state index in [0.29, 0.717) is 17.8 Å². The number of fused-ring (bicyclic) bond motifs is 2. The van der Waals surface area contributed by atoms with Gasteiger partial charge in [-0.15, -0.1) is 0 Å². The van der Waals surface area contributed by atoms with E-state index < -0.39 is 0 Å². The first-order valence-electron chi connectivity index (χ1n) is 12.0. The maximum absolute atomic E-state index is 13.5. The average molecular weight is 470 g/mol. The molecule has 0 unspecified atom stereocenters. The summed E-state index contributed by atoms with van der Waals surface area (Å²) >= 11 is 0. The van der Waals surface area contributed by atoms with Gasteiger partial charge in [-0.1, -0.05) is 42.5 Å².